The van der Waals surface area contributed by atoms with Crippen molar-refractivity contribution in [2.75, 3.05) is 5.32 Å². The lowest BCUT2D eigenvalue weighted by molar-refractivity contribution is -0.122. The SMILES string of the molecule is CC(Oc1cccc(Cl)c1)C(=O)Nc1c[nH]c(=O)[nH]c1=O. The third-order valence-electron chi connectivity index (χ3n) is 2.56. The van der Waals surface area contributed by atoms with Crippen molar-refractivity contribution in [2.45, 2.75) is 13.0 Å². The van der Waals surface area contributed by atoms with Crippen LogP contribution in [0.3, 0.4) is 0 Å². The fraction of sp³-hybridized carbons (Fsp3) is 0.154. The van der Waals surface area contributed by atoms with Gasteiger partial charge in [0.1, 0.15) is 11.4 Å². The minimum atomic E-state index is -0.852. The third-order valence-corrected chi connectivity index (χ3v) is 2.79. The van der Waals surface area contributed by atoms with Crippen LogP contribution in [0.5, 0.6) is 5.75 Å². The first-order valence-electron chi connectivity index (χ1n) is 6.01. The Kier molecular flexibility index (Phi) is 4.44. The summed E-state index contributed by atoms with van der Waals surface area (Å²) in [5.41, 5.74) is -1.41. The van der Waals surface area contributed by atoms with E-state index in [-0.39, 0.29) is 5.69 Å². The number of carbonyl (C=O) groups is 1. The molecule has 0 aliphatic heterocycles. The summed E-state index contributed by atoms with van der Waals surface area (Å²) < 4.78 is 5.41. The zero-order valence-corrected chi connectivity index (χ0v) is 11.7. The maximum Gasteiger partial charge on any atom is 0.325 e. The molecule has 2 rings (SSSR count). The summed E-state index contributed by atoms with van der Waals surface area (Å²) in [6, 6.07) is 6.59. The van der Waals surface area contributed by atoms with Gasteiger partial charge in [0, 0.05) is 11.2 Å². The molecule has 1 unspecified atom stereocenters. The highest BCUT2D eigenvalue weighted by Crippen LogP contribution is 2.18. The number of H-pyrrole nitrogens is 2. The van der Waals surface area contributed by atoms with E-state index in [1.54, 1.807) is 24.3 Å². The number of aromatic amines is 2. The number of benzene rings is 1. The van der Waals surface area contributed by atoms with E-state index >= 15 is 0 Å². The van der Waals surface area contributed by atoms with Crippen molar-refractivity contribution < 1.29 is 9.53 Å². The van der Waals surface area contributed by atoms with Crippen LogP contribution in [-0.4, -0.2) is 22.0 Å². The molecule has 0 fully saturated rings. The van der Waals surface area contributed by atoms with E-state index in [2.05, 4.69) is 10.3 Å². The van der Waals surface area contributed by atoms with Crippen molar-refractivity contribution in [3.63, 3.8) is 0 Å². The van der Waals surface area contributed by atoms with Crippen molar-refractivity contribution in [1.82, 2.24) is 9.97 Å². The van der Waals surface area contributed by atoms with E-state index in [0.29, 0.717) is 10.8 Å². The normalized spacial score (nSPS) is 11.7. The molecule has 0 saturated heterocycles. The Morgan fingerprint density at radius 1 is 1.38 bits per heavy atom. The minimum absolute atomic E-state index is 0.0684. The fourth-order valence-corrected chi connectivity index (χ4v) is 1.72. The summed E-state index contributed by atoms with van der Waals surface area (Å²) in [5.74, 6) is -0.104. The lowest BCUT2D eigenvalue weighted by atomic mass is 10.3. The number of rotatable bonds is 4. The van der Waals surface area contributed by atoms with E-state index in [0.717, 1.165) is 6.20 Å². The smallest absolute Gasteiger partial charge is 0.325 e. The maximum absolute atomic E-state index is 11.9. The molecule has 0 radical (unpaired) electrons. The van der Waals surface area contributed by atoms with Crippen LogP contribution in [-0.2, 0) is 4.79 Å². The number of amides is 1. The van der Waals surface area contributed by atoms with Gasteiger partial charge in [0.05, 0.1) is 0 Å². The molecule has 1 heterocycles. The molecule has 1 amide bonds. The topological polar surface area (TPSA) is 104 Å². The van der Waals surface area contributed by atoms with Crippen molar-refractivity contribution in [2.24, 2.45) is 0 Å². The zero-order valence-electron chi connectivity index (χ0n) is 11.0. The molecule has 0 spiro atoms. The molecule has 0 saturated carbocycles. The first-order valence-corrected chi connectivity index (χ1v) is 6.38. The lowest BCUT2D eigenvalue weighted by Gasteiger charge is -2.14. The van der Waals surface area contributed by atoms with E-state index in [9.17, 15) is 14.4 Å². The Morgan fingerprint density at radius 2 is 2.14 bits per heavy atom. The molecule has 1 atom stereocenters. The van der Waals surface area contributed by atoms with Gasteiger partial charge in [-0.05, 0) is 25.1 Å². The predicted octanol–water partition coefficient (Wildman–Crippen LogP) is 1.12. The molecule has 1 aromatic carbocycles. The van der Waals surface area contributed by atoms with Crippen LogP contribution in [0, 0.1) is 0 Å². The number of ether oxygens (including phenoxy) is 1. The van der Waals surface area contributed by atoms with Crippen molar-refractivity contribution in [3.05, 3.63) is 56.3 Å². The van der Waals surface area contributed by atoms with Crippen molar-refractivity contribution in [1.29, 1.82) is 0 Å². The number of hydrogen-bond donors (Lipinski definition) is 3. The largest absolute Gasteiger partial charge is 0.481 e. The second kappa shape index (κ2) is 6.27. The standard InChI is InChI=1S/C13H12ClN3O4/c1-7(21-9-4-2-3-8(14)5-9)11(18)16-10-6-15-13(20)17-12(10)19/h2-7H,1H3,(H,16,18)(H2,15,17,19,20). The van der Waals surface area contributed by atoms with Gasteiger partial charge >= 0.3 is 5.69 Å². The molecule has 0 bridgehead atoms. The number of carbonyl (C=O) groups excluding carboxylic acids is 1. The van der Waals surface area contributed by atoms with Crippen LogP contribution in [0.4, 0.5) is 5.69 Å². The highest BCUT2D eigenvalue weighted by atomic mass is 35.5. The number of nitrogens with one attached hydrogen (secondary N) is 3. The van der Waals surface area contributed by atoms with Gasteiger partial charge in [0.15, 0.2) is 6.10 Å². The second-order valence-electron chi connectivity index (χ2n) is 4.19. The first kappa shape index (κ1) is 14.9. The van der Waals surface area contributed by atoms with Gasteiger partial charge in [-0.2, -0.15) is 0 Å². The Bertz CT molecular complexity index is 768. The van der Waals surface area contributed by atoms with E-state index in [4.69, 9.17) is 16.3 Å². The Hall–Kier alpha value is -2.54. The molecule has 0 aliphatic rings. The molecule has 7 nitrogen and oxygen atoms in total. The highest BCUT2D eigenvalue weighted by molar-refractivity contribution is 6.30. The van der Waals surface area contributed by atoms with Gasteiger partial charge in [-0.15, -0.1) is 0 Å². The maximum atomic E-state index is 11.9. The summed E-state index contributed by atoms with van der Waals surface area (Å²) in [5, 5.41) is 2.84. The van der Waals surface area contributed by atoms with Crippen molar-refractivity contribution in [3.8, 4) is 5.75 Å². The molecule has 8 heteroatoms. The van der Waals surface area contributed by atoms with Crippen LogP contribution in [0.15, 0.2) is 40.1 Å². The van der Waals surface area contributed by atoms with Gasteiger partial charge in [0.2, 0.25) is 0 Å². The van der Waals surface area contributed by atoms with Crippen LogP contribution < -0.4 is 21.3 Å². The van der Waals surface area contributed by atoms with Gasteiger partial charge in [-0.1, -0.05) is 17.7 Å². The summed E-state index contributed by atoms with van der Waals surface area (Å²) in [6.07, 6.45) is 0.264. The number of anilines is 1. The first-order chi connectivity index (χ1) is 9.95. The third kappa shape index (κ3) is 3.96. The van der Waals surface area contributed by atoms with E-state index in [1.807, 2.05) is 4.98 Å². The molecule has 0 aliphatic carbocycles. The molecule has 3 N–H and O–H groups in total. The van der Waals surface area contributed by atoms with E-state index in [1.165, 1.54) is 6.92 Å². The Morgan fingerprint density at radius 3 is 2.81 bits per heavy atom. The van der Waals surface area contributed by atoms with Crippen LogP contribution >= 0.6 is 11.6 Å². The van der Waals surface area contributed by atoms with Crippen LogP contribution in [0.2, 0.25) is 5.02 Å². The fourth-order valence-electron chi connectivity index (χ4n) is 1.53. The van der Waals surface area contributed by atoms with E-state index < -0.39 is 23.3 Å². The molecule has 21 heavy (non-hydrogen) atoms. The average Bonchev–Trinajstić information content (AvgIpc) is 2.41. The number of aromatic nitrogens is 2. The van der Waals surface area contributed by atoms with Crippen LogP contribution in [0.25, 0.3) is 0 Å². The van der Waals surface area contributed by atoms with Gasteiger partial charge in [-0.3, -0.25) is 14.6 Å². The molecule has 2 aromatic rings. The number of hydrogen-bond acceptors (Lipinski definition) is 4. The van der Waals surface area contributed by atoms with Crippen molar-refractivity contribution >= 4 is 23.2 Å². The monoisotopic (exact) mass is 309 g/mol. The minimum Gasteiger partial charge on any atom is -0.481 e. The van der Waals surface area contributed by atoms with Gasteiger partial charge in [-0.25, -0.2) is 4.79 Å². The average molecular weight is 310 g/mol. The number of halogens is 1. The summed E-state index contributed by atoms with van der Waals surface area (Å²) >= 11 is 5.81. The van der Waals surface area contributed by atoms with Gasteiger partial charge in [0.25, 0.3) is 11.5 Å². The zero-order chi connectivity index (χ0) is 15.4. The molecular weight excluding hydrogens is 298 g/mol. The second-order valence-corrected chi connectivity index (χ2v) is 4.63. The predicted molar refractivity (Wildman–Crippen MR) is 77.9 cm³/mol. The molecule has 1 aromatic heterocycles. The molecule has 110 valence electrons. The van der Waals surface area contributed by atoms with Crippen LogP contribution in [0.1, 0.15) is 6.92 Å². The quantitative estimate of drug-likeness (QED) is 0.787. The highest BCUT2D eigenvalue weighted by Gasteiger charge is 2.16. The Balaban J connectivity index is 2.06. The lowest BCUT2D eigenvalue weighted by Crippen LogP contribution is -2.33. The molecular formula is C13H12ClN3O4. The summed E-state index contributed by atoms with van der Waals surface area (Å²) in [7, 11) is 0. The van der Waals surface area contributed by atoms with Gasteiger partial charge < -0.3 is 15.0 Å². The summed E-state index contributed by atoms with van der Waals surface area (Å²) in [6.45, 7) is 1.52. The summed E-state index contributed by atoms with van der Waals surface area (Å²) in [4.78, 5) is 38.5. The Labute approximate surface area is 123 Å².